The van der Waals surface area contributed by atoms with Crippen molar-refractivity contribution < 1.29 is 9.47 Å². The lowest BCUT2D eigenvalue weighted by molar-refractivity contribution is 0.254. The lowest BCUT2D eigenvalue weighted by Gasteiger charge is -2.26. The molecule has 20 heavy (non-hydrogen) atoms. The molecule has 0 radical (unpaired) electrons. The molecule has 1 atom stereocenters. The molecule has 3 heteroatoms. The number of ether oxygens (including phenoxy) is 2. The summed E-state index contributed by atoms with van der Waals surface area (Å²) in [6.07, 6.45) is 0.992. The molecule has 0 aromatic heterocycles. The van der Waals surface area contributed by atoms with Crippen molar-refractivity contribution >= 4 is 0 Å². The normalized spacial score (nSPS) is 17.1. The molecule has 0 aliphatic carbocycles. The summed E-state index contributed by atoms with van der Waals surface area (Å²) in [7, 11) is 1.98. The Kier molecular flexibility index (Phi) is 3.88. The molecule has 2 aromatic rings. The van der Waals surface area contributed by atoms with E-state index in [1.54, 1.807) is 0 Å². The van der Waals surface area contributed by atoms with Crippen LogP contribution in [0.2, 0.25) is 0 Å². The van der Waals surface area contributed by atoms with E-state index in [1.807, 2.05) is 37.4 Å². The minimum absolute atomic E-state index is 0.346. The zero-order valence-corrected chi connectivity index (χ0v) is 11.6. The van der Waals surface area contributed by atoms with E-state index in [2.05, 4.69) is 23.5 Å². The van der Waals surface area contributed by atoms with Gasteiger partial charge in [-0.25, -0.2) is 0 Å². The molecule has 1 heterocycles. The number of rotatable bonds is 4. The molecule has 1 N–H and O–H groups in total. The molecule has 1 unspecified atom stereocenters. The van der Waals surface area contributed by atoms with E-state index in [-0.39, 0.29) is 0 Å². The van der Waals surface area contributed by atoms with Crippen molar-refractivity contribution in [2.75, 3.05) is 13.7 Å². The standard InChI is InChI=1S/C17H19NO2/c1-18-16-9-10-19-17-8-7-14(11-15(16)17)20-12-13-5-3-2-4-6-13/h2-8,11,16,18H,9-10,12H2,1H3. The molecule has 1 aliphatic rings. The van der Waals surface area contributed by atoms with Crippen molar-refractivity contribution in [1.29, 1.82) is 0 Å². The molecule has 2 aromatic carbocycles. The van der Waals surface area contributed by atoms with Crippen LogP contribution in [0.1, 0.15) is 23.6 Å². The summed E-state index contributed by atoms with van der Waals surface area (Å²) in [5.41, 5.74) is 2.36. The Hall–Kier alpha value is -2.00. The van der Waals surface area contributed by atoms with Gasteiger partial charge in [-0.3, -0.25) is 0 Å². The molecule has 0 saturated heterocycles. The summed E-state index contributed by atoms with van der Waals surface area (Å²) in [6, 6.07) is 16.6. The Morgan fingerprint density at radius 2 is 2.05 bits per heavy atom. The summed E-state index contributed by atoms with van der Waals surface area (Å²) >= 11 is 0. The van der Waals surface area contributed by atoms with Gasteiger partial charge in [-0.2, -0.15) is 0 Å². The fraction of sp³-hybridized carbons (Fsp3) is 0.294. The lowest BCUT2D eigenvalue weighted by Crippen LogP contribution is -2.23. The van der Waals surface area contributed by atoms with Crippen molar-refractivity contribution in [3.05, 3.63) is 59.7 Å². The van der Waals surface area contributed by atoms with Gasteiger partial charge in [-0.05, 0) is 30.8 Å². The predicted octanol–water partition coefficient (Wildman–Crippen LogP) is 3.31. The SMILES string of the molecule is CNC1CCOc2ccc(OCc3ccccc3)cc21. The van der Waals surface area contributed by atoms with Crippen LogP contribution in [0, 0.1) is 0 Å². The van der Waals surface area contributed by atoms with Crippen LogP contribution in [0.5, 0.6) is 11.5 Å². The molecule has 3 rings (SSSR count). The first-order chi connectivity index (χ1) is 9.86. The van der Waals surface area contributed by atoms with Gasteiger partial charge in [-0.15, -0.1) is 0 Å². The zero-order chi connectivity index (χ0) is 13.8. The van der Waals surface area contributed by atoms with Crippen LogP contribution in [0.25, 0.3) is 0 Å². The number of hydrogen-bond acceptors (Lipinski definition) is 3. The monoisotopic (exact) mass is 269 g/mol. The summed E-state index contributed by atoms with van der Waals surface area (Å²) in [4.78, 5) is 0. The van der Waals surface area contributed by atoms with Gasteiger partial charge in [0.25, 0.3) is 0 Å². The van der Waals surface area contributed by atoms with Gasteiger partial charge in [0.05, 0.1) is 6.61 Å². The van der Waals surface area contributed by atoms with Gasteiger partial charge in [0.1, 0.15) is 18.1 Å². The third kappa shape index (κ3) is 2.78. The summed E-state index contributed by atoms with van der Waals surface area (Å²) in [6.45, 7) is 1.35. The Morgan fingerprint density at radius 3 is 2.85 bits per heavy atom. The average Bonchev–Trinajstić information content (AvgIpc) is 2.53. The molecular weight excluding hydrogens is 250 g/mol. The maximum Gasteiger partial charge on any atom is 0.124 e. The van der Waals surface area contributed by atoms with Gasteiger partial charge in [0.15, 0.2) is 0 Å². The Morgan fingerprint density at radius 1 is 1.20 bits per heavy atom. The Labute approximate surface area is 119 Å². The minimum atomic E-state index is 0.346. The third-order valence-electron chi connectivity index (χ3n) is 3.62. The Bertz CT molecular complexity index is 568. The highest BCUT2D eigenvalue weighted by Crippen LogP contribution is 2.34. The molecule has 0 bridgehead atoms. The Balaban J connectivity index is 1.75. The maximum atomic E-state index is 5.87. The smallest absolute Gasteiger partial charge is 0.124 e. The summed E-state index contributed by atoms with van der Waals surface area (Å²) in [5, 5.41) is 3.33. The third-order valence-corrected chi connectivity index (χ3v) is 3.62. The largest absolute Gasteiger partial charge is 0.493 e. The fourth-order valence-corrected chi connectivity index (χ4v) is 2.50. The molecule has 0 fully saturated rings. The fourth-order valence-electron chi connectivity index (χ4n) is 2.50. The summed E-state index contributed by atoms with van der Waals surface area (Å²) < 4.78 is 11.5. The van der Waals surface area contributed by atoms with Crippen LogP contribution in [0.4, 0.5) is 0 Å². The van der Waals surface area contributed by atoms with E-state index < -0.39 is 0 Å². The van der Waals surface area contributed by atoms with Crippen LogP contribution in [0.15, 0.2) is 48.5 Å². The van der Waals surface area contributed by atoms with Gasteiger partial charge in [0, 0.05) is 18.0 Å². The van der Waals surface area contributed by atoms with E-state index in [1.165, 1.54) is 11.1 Å². The van der Waals surface area contributed by atoms with E-state index in [4.69, 9.17) is 9.47 Å². The topological polar surface area (TPSA) is 30.5 Å². The lowest BCUT2D eigenvalue weighted by atomic mass is 10.0. The first-order valence-corrected chi connectivity index (χ1v) is 6.97. The summed E-state index contributed by atoms with van der Waals surface area (Å²) in [5.74, 6) is 1.85. The van der Waals surface area contributed by atoms with Crippen molar-refractivity contribution in [2.24, 2.45) is 0 Å². The molecule has 0 saturated carbocycles. The second kappa shape index (κ2) is 5.97. The van der Waals surface area contributed by atoms with E-state index in [9.17, 15) is 0 Å². The van der Waals surface area contributed by atoms with Crippen LogP contribution >= 0.6 is 0 Å². The van der Waals surface area contributed by atoms with E-state index in [0.29, 0.717) is 12.6 Å². The average molecular weight is 269 g/mol. The minimum Gasteiger partial charge on any atom is -0.493 e. The number of nitrogens with one attached hydrogen (secondary N) is 1. The first kappa shape index (κ1) is 13.0. The molecule has 1 aliphatic heterocycles. The highest BCUT2D eigenvalue weighted by Gasteiger charge is 2.20. The van der Waals surface area contributed by atoms with Gasteiger partial charge in [0.2, 0.25) is 0 Å². The van der Waals surface area contributed by atoms with Crippen molar-refractivity contribution in [3.63, 3.8) is 0 Å². The van der Waals surface area contributed by atoms with Gasteiger partial charge < -0.3 is 14.8 Å². The molecule has 104 valence electrons. The number of hydrogen-bond donors (Lipinski definition) is 1. The molecule has 3 nitrogen and oxygen atoms in total. The van der Waals surface area contributed by atoms with Crippen molar-refractivity contribution in [2.45, 2.75) is 19.1 Å². The quantitative estimate of drug-likeness (QED) is 0.923. The number of fused-ring (bicyclic) bond motifs is 1. The van der Waals surface area contributed by atoms with Crippen molar-refractivity contribution in [3.8, 4) is 11.5 Å². The van der Waals surface area contributed by atoms with Crippen LogP contribution in [0.3, 0.4) is 0 Å². The first-order valence-electron chi connectivity index (χ1n) is 6.97. The maximum absolute atomic E-state index is 5.87. The molecule has 0 amide bonds. The van der Waals surface area contributed by atoms with Crippen molar-refractivity contribution in [1.82, 2.24) is 5.32 Å². The highest BCUT2D eigenvalue weighted by molar-refractivity contribution is 5.43. The molecule has 0 spiro atoms. The second-order valence-electron chi connectivity index (χ2n) is 4.95. The number of benzene rings is 2. The van der Waals surface area contributed by atoms with Gasteiger partial charge >= 0.3 is 0 Å². The zero-order valence-electron chi connectivity index (χ0n) is 11.6. The van der Waals surface area contributed by atoms with Crippen LogP contribution in [-0.4, -0.2) is 13.7 Å². The van der Waals surface area contributed by atoms with Gasteiger partial charge in [-0.1, -0.05) is 30.3 Å². The highest BCUT2D eigenvalue weighted by atomic mass is 16.5. The molecular formula is C17H19NO2. The van der Waals surface area contributed by atoms with E-state index >= 15 is 0 Å². The second-order valence-corrected chi connectivity index (χ2v) is 4.95. The van der Waals surface area contributed by atoms with Crippen LogP contribution in [-0.2, 0) is 6.61 Å². The predicted molar refractivity (Wildman–Crippen MR) is 79.1 cm³/mol. The van der Waals surface area contributed by atoms with Crippen LogP contribution < -0.4 is 14.8 Å². The van der Waals surface area contributed by atoms with E-state index in [0.717, 1.165) is 24.5 Å².